The topological polar surface area (TPSA) is 81.0 Å². The summed E-state index contributed by atoms with van der Waals surface area (Å²) in [5.41, 5.74) is 7.06. The Kier molecular flexibility index (Phi) is 2.39. The van der Waals surface area contributed by atoms with Crippen molar-refractivity contribution in [1.82, 2.24) is 9.97 Å². The third kappa shape index (κ3) is 1.81. The first-order valence-corrected chi connectivity index (χ1v) is 6.00. The molecule has 0 atom stereocenters. The van der Waals surface area contributed by atoms with Crippen LogP contribution in [0, 0.1) is 0 Å². The van der Waals surface area contributed by atoms with Gasteiger partial charge in [-0.2, -0.15) is 4.98 Å². The molecule has 0 aliphatic heterocycles. The highest BCUT2D eigenvalue weighted by molar-refractivity contribution is 5.71. The first-order valence-electron chi connectivity index (χ1n) is 6.00. The number of H-pyrrole nitrogens is 1. The average molecular weight is 233 g/mol. The van der Waals surface area contributed by atoms with Crippen molar-refractivity contribution in [2.75, 3.05) is 5.73 Å². The first kappa shape index (κ1) is 10.4. The summed E-state index contributed by atoms with van der Waals surface area (Å²) in [4.78, 5) is 17.7. The molecule has 2 aliphatic rings. The maximum atomic E-state index is 11.3. The lowest BCUT2D eigenvalue weighted by Crippen LogP contribution is -2.24. The van der Waals surface area contributed by atoms with Crippen molar-refractivity contribution in [3.63, 3.8) is 0 Å². The molecule has 17 heavy (non-hydrogen) atoms. The normalized spacial score (nSPS) is 19.2. The maximum absolute atomic E-state index is 11.3. The van der Waals surface area contributed by atoms with Crippen LogP contribution in [0.15, 0.2) is 10.9 Å². The molecule has 1 saturated carbocycles. The van der Waals surface area contributed by atoms with E-state index in [0.717, 1.165) is 42.7 Å². The minimum atomic E-state index is -0.383. The molecule has 5 nitrogen and oxygen atoms in total. The van der Waals surface area contributed by atoms with Crippen LogP contribution in [0.2, 0.25) is 0 Å². The molecule has 0 spiro atoms. The van der Waals surface area contributed by atoms with Gasteiger partial charge in [0, 0.05) is 5.69 Å². The number of nitrogens with one attached hydrogen (secondary N) is 1. The number of nitrogens with two attached hydrogens (primary N) is 1. The number of nitrogen functional groups attached to an aromatic ring is 1. The van der Waals surface area contributed by atoms with Gasteiger partial charge in [-0.1, -0.05) is 0 Å². The van der Waals surface area contributed by atoms with Gasteiger partial charge < -0.3 is 15.5 Å². The Hall–Kier alpha value is -1.78. The summed E-state index contributed by atoms with van der Waals surface area (Å²) in [5.74, 6) is 1.06. The van der Waals surface area contributed by atoms with Gasteiger partial charge in [-0.15, -0.1) is 0 Å². The van der Waals surface area contributed by atoms with Gasteiger partial charge in [-0.3, -0.25) is 0 Å². The molecular formula is C12H15N3O2. The van der Waals surface area contributed by atoms with Crippen molar-refractivity contribution in [2.24, 2.45) is 0 Å². The third-order valence-corrected chi connectivity index (χ3v) is 3.35. The van der Waals surface area contributed by atoms with E-state index < -0.39 is 0 Å². The quantitative estimate of drug-likeness (QED) is 0.804. The molecule has 1 aromatic rings. The number of allylic oxidation sites excluding steroid dienone is 1. The van der Waals surface area contributed by atoms with Crippen molar-refractivity contribution in [3.05, 3.63) is 27.8 Å². The lowest BCUT2D eigenvalue weighted by Gasteiger charge is -2.29. The highest BCUT2D eigenvalue weighted by Crippen LogP contribution is 2.33. The van der Waals surface area contributed by atoms with Crippen LogP contribution in [0.5, 0.6) is 0 Å². The average Bonchev–Trinajstić information content (AvgIpc) is 2.22. The highest BCUT2D eigenvalue weighted by atomic mass is 16.5. The van der Waals surface area contributed by atoms with Gasteiger partial charge in [-0.05, 0) is 38.2 Å². The third-order valence-electron chi connectivity index (χ3n) is 3.35. The van der Waals surface area contributed by atoms with Crippen molar-refractivity contribution >= 4 is 11.6 Å². The molecule has 2 aliphatic carbocycles. The van der Waals surface area contributed by atoms with E-state index in [2.05, 4.69) is 9.97 Å². The van der Waals surface area contributed by atoms with Gasteiger partial charge in [0.25, 0.3) is 0 Å². The zero-order valence-electron chi connectivity index (χ0n) is 9.53. The standard InChI is InChI=1S/C12H15N3O2/c13-11-10-8(14-12(16)15-11)5-2-6-9(10)17-7-3-1-4-7/h6-7H,1-5H2,(H3,13,14,15,16). The molecule has 0 aromatic carbocycles. The summed E-state index contributed by atoms with van der Waals surface area (Å²) >= 11 is 0. The molecule has 0 saturated heterocycles. The summed E-state index contributed by atoms with van der Waals surface area (Å²) in [6.45, 7) is 0. The van der Waals surface area contributed by atoms with Crippen LogP contribution in [-0.4, -0.2) is 16.1 Å². The summed E-state index contributed by atoms with van der Waals surface area (Å²) in [7, 11) is 0. The first-order chi connectivity index (χ1) is 8.24. The van der Waals surface area contributed by atoms with E-state index in [0.29, 0.717) is 6.10 Å². The molecule has 0 amide bonds. The molecule has 0 radical (unpaired) electrons. The van der Waals surface area contributed by atoms with E-state index in [1.54, 1.807) is 0 Å². The molecule has 1 fully saturated rings. The largest absolute Gasteiger partial charge is 0.490 e. The summed E-state index contributed by atoms with van der Waals surface area (Å²) in [6, 6.07) is 0. The highest BCUT2D eigenvalue weighted by Gasteiger charge is 2.25. The Bertz CT molecular complexity index is 529. The van der Waals surface area contributed by atoms with Gasteiger partial charge >= 0.3 is 5.69 Å². The van der Waals surface area contributed by atoms with E-state index in [-0.39, 0.29) is 11.5 Å². The second kappa shape index (κ2) is 3.91. The Morgan fingerprint density at radius 2 is 2.29 bits per heavy atom. The smallest absolute Gasteiger partial charge is 0.347 e. The number of rotatable bonds is 2. The summed E-state index contributed by atoms with van der Waals surface area (Å²) < 4.78 is 5.89. The molecule has 5 heteroatoms. The van der Waals surface area contributed by atoms with Gasteiger partial charge in [0.15, 0.2) is 0 Å². The minimum absolute atomic E-state index is 0.272. The van der Waals surface area contributed by atoms with E-state index in [4.69, 9.17) is 10.5 Å². The van der Waals surface area contributed by atoms with Crippen LogP contribution in [0.3, 0.4) is 0 Å². The van der Waals surface area contributed by atoms with Crippen LogP contribution in [0.1, 0.15) is 36.9 Å². The zero-order valence-corrected chi connectivity index (χ0v) is 9.53. The van der Waals surface area contributed by atoms with Crippen molar-refractivity contribution in [2.45, 2.75) is 38.2 Å². The maximum Gasteiger partial charge on any atom is 0.347 e. The predicted molar refractivity (Wildman–Crippen MR) is 64.3 cm³/mol. The number of aryl methyl sites for hydroxylation is 1. The fraction of sp³-hybridized carbons (Fsp3) is 0.500. The molecule has 90 valence electrons. The molecule has 0 bridgehead atoms. The Balaban J connectivity index is 1.97. The SMILES string of the molecule is Nc1nc(=O)[nH]c2c1C(OC1CCC1)=CCC2. The van der Waals surface area contributed by atoms with Crippen molar-refractivity contribution < 1.29 is 4.74 Å². The number of nitrogens with zero attached hydrogens (tertiary/aromatic N) is 1. The number of hydrogen-bond acceptors (Lipinski definition) is 4. The number of fused-ring (bicyclic) bond motifs is 1. The van der Waals surface area contributed by atoms with Crippen LogP contribution in [0.25, 0.3) is 5.76 Å². The molecule has 1 aromatic heterocycles. The monoisotopic (exact) mass is 233 g/mol. The molecular weight excluding hydrogens is 218 g/mol. The van der Waals surface area contributed by atoms with E-state index >= 15 is 0 Å². The van der Waals surface area contributed by atoms with Gasteiger partial charge in [0.1, 0.15) is 11.6 Å². The summed E-state index contributed by atoms with van der Waals surface area (Å²) in [5, 5.41) is 0. The lowest BCUT2D eigenvalue weighted by atomic mass is 9.95. The van der Waals surface area contributed by atoms with Crippen LogP contribution in [0.4, 0.5) is 5.82 Å². The molecule has 1 heterocycles. The van der Waals surface area contributed by atoms with Gasteiger partial charge in [-0.25, -0.2) is 4.79 Å². The lowest BCUT2D eigenvalue weighted by molar-refractivity contribution is 0.0905. The second-order valence-electron chi connectivity index (χ2n) is 4.56. The molecule has 3 rings (SSSR count). The van der Waals surface area contributed by atoms with Crippen LogP contribution in [-0.2, 0) is 11.2 Å². The fourth-order valence-corrected chi connectivity index (χ4v) is 2.23. The zero-order chi connectivity index (χ0) is 11.8. The van der Waals surface area contributed by atoms with E-state index in [9.17, 15) is 4.79 Å². The Labute approximate surface area is 98.7 Å². The predicted octanol–water partition coefficient (Wildman–Crippen LogP) is 1.21. The number of hydrogen-bond donors (Lipinski definition) is 2. The van der Waals surface area contributed by atoms with Crippen molar-refractivity contribution in [1.29, 1.82) is 0 Å². The fourth-order valence-electron chi connectivity index (χ4n) is 2.23. The Morgan fingerprint density at radius 1 is 1.47 bits per heavy atom. The van der Waals surface area contributed by atoms with Crippen LogP contribution < -0.4 is 11.4 Å². The van der Waals surface area contributed by atoms with Crippen LogP contribution >= 0.6 is 0 Å². The summed E-state index contributed by atoms with van der Waals surface area (Å²) in [6.07, 6.45) is 7.43. The number of anilines is 1. The van der Waals surface area contributed by atoms with Gasteiger partial charge in [0.2, 0.25) is 0 Å². The molecule has 0 unspecified atom stereocenters. The Morgan fingerprint density at radius 3 is 3.00 bits per heavy atom. The van der Waals surface area contributed by atoms with E-state index in [1.807, 2.05) is 6.08 Å². The second-order valence-corrected chi connectivity index (χ2v) is 4.56. The minimum Gasteiger partial charge on any atom is -0.490 e. The number of ether oxygens (including phenoxy) is 1. The number of aromatic nitrogens is 2. The number of aromatic amines is 1. The van der Waals surface area contributed by atoms with Crippen molar-refractivity contribution in [3.8, 4) is 0 Å². The van der Waals surface area contributed by atoms with E-state index in [1.165, 1.54) is 6.42 Å². The van der Waals surface area contributed by atoms with Gasteiger partial charge in [0.05, 0.1) is 11.7 Å². The molecule has 3 N–H and O–H groups in total.